The molecule has 0 spiro atoms. The number of benzene rings is 1. The molecule has 1 heterocycles. The number of amides is 1. The molecule has 2 aromatic rings. The van der Waals surface area contributed by atoms with Crippen molar-refractivity contribution < 1.29 is 19.1 Å². The molecule has 7 heteroatoms. The molecule has 0 aliphatic carbocycles. The van der Waals surface area contributed by atoms with Crippen LogP contribution in [0.5, 0.6) is 5.75 Å². The van der Waals surface area contributed by atoms with Gasteiger partial charge in [0.1, 0.15) is 10.8 Å². The maximum absolute atomic E-state index is 12.7. The fourth-order valence-electron chi connectivity index (χ4n) is 2.26. The SMILES string of the molecule is CCOC(=O)c1csc(CN(C(=O)COc2ccccc2)C(C)(C)C)n1. The Bertz CT molecular complexity index is 737. The lowest BCUT2D eigenvalue weighted by Crippen LogP contribution is -2.47. The average Bonchev–Trinajstić information content (AvgIpc) is 3.07. The number of thiazole rings is 1. The summed E-state index contributed by atoms with van der Waals surface area (Å²) in [6.07, 6.45) is 0. The summed E-state index contributed by atoms with van der Waals surface area (Å²) in [6.45, 7) is 8.16. The van der Waals surface area contributed by atoms with Gasteiger partial charge in [-0.3, -0.25) is 4.79 Å². The third kappa shape index (κ3) is 5.56. The van der Waals surface area contributed by atoms with E-state index in [-0.39, 0.29) is 18.2 Å². The molecule has 0 aliphatic heterocycles. The zero-order valence-corrected chi connectivity index (χ0v) is 16.3. The van der Waals surface area contributed by atoms with Crippen LogP contribution in [0.15, 0.2) is 35.7 Å². The lowest BCUT2D eigenvalue weighted by atomic mass is 10.1. The highest BCUT2D eigenvalue weighted by molar-refractivity contribution is 7.09. The molecule has 0 radical (unpaired) electrons. The predicted octanol–water partition coefficient (Wildman–Crippen LogP) is 3.53. The maximum Gasteiger partial charge on any atom is 0.357 e. The first-order valence-corrected chi connectivity index (χ1v) is 9.29. The number of carbonyl (C=O) groups excluding carboxylic acids is 2. The highest BCUT2D eigenvalue weighted by atomic mass is 32.1. The number of ether oxygens (including phenoxy) is 2. The quantitative estimate of drug-likeness (QED) is 0.692. The second-order valence-electron chi connectivity index (χ2n) is 6.60. The molecular weight excluding hydrogens is 352 g/mol. The molecule has 0 atom stereocenters. The van der Waals surface area contributed by atoms with Crippen molar-refractivity contribution in [2.45, 2.75) is 39.8 Å². The number of esters is 1. The molecule has 2 rings (SSSR count). The van der Waals surface area contributed by atoms with E-state index in [9.17, 15) is 9.59 Å². The first kappa shape index (κ1) is 19.9. The highest BCUT2D eigenvalue weighted by Crippen LogP contribution is 2.21. The summed E-state index contributed by atoms with van der Waals surface area (Å²) < 4.78 is 10.5. The van der Waals surface area contributed by atoms with E-state index in [4.69, 9.17) is 9.47 Å². The molecule has 140 valence electrons. The Morgan fingerprint density at radius 3 is 2.50 bits per heavy atom. The molecule has 0 N–H and O–H groups in total. The molecule has 1 aromatic carbocycles. The van der Waals surface area contributed by atoms with Crippen LogP contribution < -0.4 is 4.74 Å². The van der Waals surface area contributed by atoms with E-state index in [1.165, 1.54) is 11.3 Å². The van der Waals surface area contributed by atoms with E-state index in [2.05, 4.69) is 4.98 Å². The molecular formula is C19H24N2O4S. The summed E-state index contributed by atoms with van der Waals surface area (Å²) in [5, 5.41) is 2.33. The second kappa shape index (κ2) is 8.80. The van der Waals surface area contributed by atoms with Gasteiger partial charge in [-0.15, -0.1) is 11.3 Å². The van der Waals surface area contributed by atoms with Crippen molar-refractivity contribution in [2.24, 2.45) is 0 Å². The summed E-state index contributed by atoms with van der Waals surface area (Å²) in [4.78, 5) is 30.4. The number of hydrogen-bond donors (Lipinski definition) is 0. The zero-order chi connectivity index (χ0) is 19.2. The van der Waals surface area contributed by atoms with Crippen molar-refractivity contribution >= 4 is 23.2 Å². The van der Waals surface area contributed by atoms with Gasteiger partial charge in [-0.1, -0.05) is 18.2 Å². The van der Waals surface area contributed by atoms with Crippen molar-refractivity contribution in [3.05, 3.63) is 46.4 Å². The van der Waals surface area contributed by atoms with Gasteiger partial charge >= 0.3 is 5.97 Å². The van der Waals surface area contributed by atoms with Gasteiger partial charge in [-0.2, -0.15) is 0 Å². The van der Waals surface area contributed by atoms with Gasteiger partial charge in [0.05, 0.1) is 13.2 Å². The third-order valence-electron chi connectivity index (χ3n) is 3.55. The molecule has 1 aromatic heterocycles. The van der Waals surface area contributed by atoms with Crippen LogP contribution in [-0.2, 0) is 16.1 Å². The van der Waals surface area contributed by atoms with Crippen LogP contribution in [0.4, 0.5) is 0 Å². The smallest absolute Gasteiger partial charge is 0.357 e. The van der Waals surface area contributed by atoms with E-state index in [0.717, 1.165) is 0 Å². The molecule has 6 nitrogen and oxygen atoms in total. The lowest BCUT2D eigenvalue weighted by Gasteiger charge is -2.35. The van der Waals surface area contributed by atoms with Gasteiger partial charge in [-0.25, -0.2) is 9.78 Å². The Hall–Kier alpha value is -2.41. The minimum atomic E-state index is -0.448. The van der Waals surface area contributed by atoms with E-state index in [0.29, 0.717) is 23.9 Å². The van der Waals surface area contributed by atoms with Crippen LogP contribution in [0, 0.1) is 0 Å². The van der Waals surface area contributed by atoms with Crippen LogP contribution >= 0.6 is 11.3 Å². The minimum absolute atomic E-state index is 0.0581. The fourth-order valence-corrected chi connectivity index (χ4v) is 3.01. The highest BCUT2D eigenvalue weighted by Gasteiger charge is 2.28. The number of carbonyl (C=O) groups is 2. The Balaban J connectivity index is 2.05. The van der Waals surface area contributed by atoms with Gasteiger partial charge in [0, 0.05) is 10.9 Å². The summed E-state index contributed by atoms with van der Waals surface area (Å²) in [5.74, 6) is 0.0545. The topological polar surface area (TPSA) is 68.7 Å². The molecule has 0 bridgehead atoms. The van der Waals surface area contributed by atoms with Gasteiger partial charge < -0.3 is 14.4 Å². The van der Waals surface area contributed by atoms with Crippen LogP contribution in [0.2, 0.25) is 0 Å². The van der Waals surface area contributed by atoms with Gasteiger partial charge in [0.15, 0.2) is 12.3 Å². The van der Waals surface area contributed by atoms with E-state index in [1.54, 1.807) is 29.3 Å². The number of para-hydroxylation sites is 1. The summed E-state index contributed by atoms with van der Waals surface area (Å²) >= 11 is 1.33. The third-order valence-corrected chi connectivity index (χ3v) is 4.38. The van der Waals surface area contributed by atoms with Crippen LogP contribution in [0.3, 0.4) is 0 Å². The zero-order valence-electron chi connectivity index (χ0n) is 15.5. The van der Waals surface area contributed by atoms with E-state index < -0.39 is 11.5 Å². The molecule has 26 heavy (non-hydrogen) atoms. The van der Waals surface area contributed by atoms with Crippen molar-refractivity contribution in [2.75, 3.05) is 13.2 Å². The number of rotatable bonds is 7. The number of hydrogen-bond acceptors (Lipinski definition) is 6. The molecule has 0 fully saturated rings. The lowest BCUT2D eigenvalue weighted by molar-refractivity contribution is -0.139. The maximum atomic E-state index is 12.7. The van der Waals surface area contributed by atoms with E-state index in [1.807, 2.05) is 39.0 Å². The van der Waals surface area contributed by atoms with Gasteiger partial charge in [-0.05, 0) is 39.8 Å². The Kier molecular flexibility index (Phi) is 6.74. The van der Waals surface area contributed by atoms with Crippen LogP contribution in [-0.4, -0.2) is 40.5 Å². The number of nitrogens with zero attached hydrogens (tertiary/aromatic N) is 2. The van der Waals surface area contributed by atoms with Crippen molar-refractivity contribution in [3.8, 4) is 5.75 Å². The average molecular weight is 376 g/mol. The minimum Gasteiger partial charge on any atom is -0.484 e. The Morgan fingerprint density at radius 1 is 1.19 bits per heavy atom. The van der Waals surface area contributed by atoms with E-state index >= 15 is 0 Å². The second-order valence-corrected chi connectivity index (χ2v) is 7.54. The summed E-state index contributed by atoms with van der Waals surface area (Å²) in [5.41, 5.74) is -0.138. The molecule has 0 aliphatic rings. The number of aromatic nitrogens is 1. The Morgan fingerprint density at radius 2 is 1.88 bits per heavy atom. The van der Waals surface area contributed by atoms with Gasteiger partial charge in [0.2, 0.25) is 0 Å². The molecule has 0 saturated carbocycles. The normalized spacial score (nSPS) is 11.1. The van der Waals surface area contributed by atoms with Crippen molar-refractivity contribution in [1.29, 1.82) is 0 Å². The predicted molar refractivity (Wildman–Crippen MR) is 100 cm³/mol. The molecule has 1 amide bonds. The first-order valence-electron chi connectivity index (χ1n) is 8.41. The van der Waals surface area contributed by atoms with Crippen molar-refractivity contribution in [1.82, 2.24) is 9.88 Å². The summed E-state index contributed by atoms with van der Waals surface area (Å²) in [6, 6.07) is 9.21. The standard InChI is InChI=1S/C19H24N2O4S/c1-5-24-18(23)15-13-26-16(20-15)11-21(19(2,3)4)17(22)12-25-14-9-7-6-8-10-14/h6-10,13H,5,11-12H2,1-4H3. The van der Waals surface area contributed by atoms with Crippen LogP contribution in [0.1, 0.15) is 43.2 Å². The van der Waals surface area contributed by atoms with Gasteiger partial charge in [0.25, 0.3) is 5.91 Å². The van der Waals surface area contributed by atoms with Crippen molar-refractivity contribution in [3.63, 3.8) is 0 Å². The summed E-state index contributed by atoms with van der Waals surface area (Å²) in [7, 11) is 0. The monoisotopic (exact) mass is 376 g/mol. The first-order chi connectivity index (χ1) is 12.3. The molecule has 0 unspecified atom stereocenters. The fraction of sp³-hybridized carbons (Fsp3) is 0.421. The Labute approximate surface area is 157 Å². The molecule has 0 saturated heterocycles. The van der Waals surface area contributed by atoms with Crippen LogP contribution in [0.25, 0.3) is 0 Å². The largest absolute Gasteiger partial charge is 0.484 e.